The van der Waals surface area contributed by atoms with E-state index in [0.717, 1.165) is 18.4 Å². The lowest BCUT2D eigenvalue weighted by atomic mass is 10.1. The van der Waals surface area contributed by atoms with Gasteiger partial charge in [-0.05, 0) is 25.3 Å². The summed E-state index contributed by atoms with van der Waals surface area (Å²) < 4.78 is 2.43. The predicted molar refractivity (Wildman–Crippen MR) is 60.6 cm³/mol. The Bertz CT molecular complexity index is 320. The molecule has 0 radical (unpaired) electrons. The lowest BCUT2D eigenvalue weighted by Gasteiger charge is -1.97. The average molecular weight is 190 g/mol. The smallest absolute Gasteiger partial charge is 0.171 e. The Kier molecular flexibility index (Phi) is 2.58. The molecule has 1 aliphatic carbocycles. The van der Waals surface area contributed by atoms with Crippen LogP contribution < -0.4 is 0 Å². The molecule has 1 aliphatic heterocycles. The Balaban J connectivity index is 2.22. The molecule has 2 atom stereocenters. The summed E-state index contributed by atoms with van der Waals surface area (Å²) in [5, 5.41) is 0. The summed E-state index contributed by atoms with van der Waals surface area (Å²) in [6, 6.07) is 0.776. The zero-order valence-electron chi connectivity index (χ0n) is 9.46. The van der Waals surface area contributed by atoms with Gasteiger partial charge >= 0.3 is 0 Å². The first-order chi connectivity index (χ1) is 6.70. The van der Waals surface area contributed by atoms with Gasteiger partial charge in [0.05, 0.1) is 0 Å². The maximum Gasteiger partial charge on any atom is 0.171 e. The zero-order chi connectivity index (χ0) is 10.1. The van der Waals surface area contributed by atoms with Crippen LogP contribution >= 0.6 is 0 Å². The van der Waals surface area contributed by atoms with E-state index < -0.39 is 0 Å². The van der Waals surface area contributed by atoms with Gasteiger partial charge in [0.2, 0.25) is 0 Å². The van der Waals surface area contributed by atoms with Gasteiger partial charge in [-0.2, -0.15) is 0 Å². The standard InChI is InChI=1S/C13H20N/c1-4-12-6-5-10(2)8-14(9-12)13-7-11(13)3/h5,8-9,11,13H,4,6-7H2,1-3H3/q+1. The molecule has 14 heavy (non-hydrogen) atoms. The van der Waals surface area contributed by atoms with Gasteiger partial charge < -0.3 is 0 Å². The third-order valence-electron chi connectivity index (χ3n) is 3.27. The summed E-state index contributed by atoms with van der Waals surface area (Å²) in [5.74, 6) is 0.881. The molecule has 1 fully saturated rings. The Labute approximate surface area is 86.8 Å². The van der Waals surface area contributed by atoms with E-state index in [-0.39, 0.29) is 0 Å². The van der Waals surface area contributed by atoms with Crippen molar-refractivity contribution in [3.63, 3.8) is 0 Å². The molecule has 0 aromatic carbocycles. The van der Waals surface area contributed by atoms with Crippen LogP contribution in [0.4, 0.5) is 0 Å². The highest BCUT2D eigenvalue weighted by Crippen LogP contribution is 2.33. The molecule has 1 heterocycles. The Morgan fingerprint density at radius 2 is 2.21 bits per heavy atom. The van der Waals surface area contributed by atoms with Gasteiger partial charge in [0.1, 0.15) is 0 Å². The van der Waals surface area contributed by atoms with Crippen LogP contribution in [0.2, 0.25) is 0 Å². The van der Waals surface area contributed by atoms with Crippen LogP contribution in [-0.2, 0) is 0 Å². The first-order valence-corrected chi connectivity index (χ1v) is 5.69. The minimum atomic E-state index is 0.776. The lowest BCUT2D eigenvalue weighted by molar-refractivity contribution is -0.471. The molecule has 0 bridgehead atoms. The maximum atomic E-state index is 2.43. The minimum Gasteiger partial charge on any atom is -0.202 e. The molecule has 0 spiro atoms. The monoisotopic (exact) mass is 190 g/mol. The molecule has 76 valence electrons. The van der Waals surface area contributed by atoms with Crippen molar-refractivity contribution in [1.82, 2.24) is 0 Å². The highest BCUT2D eigenvalue weighted by Gasteiger charge is 2.42. The molecular weight excluding hydrogens is 170 g/mol. The highest BCUT2D eigenvalue weighted by molar-refractivity contribution is 5.74. The van der Waals surface area contributed by atoms with E-state index in [1.807, 2.05) is 0 Å². The predicted octanol–water partition coefficient (Wildman–Crippen LogP) is 3.12. The normalized spacial score (nSPS) is 31.5. The third kappa shape index (κ3) is 1.97. The van der Waals surface area contributed by atoms with Crippen LogP contribution in [0.5, 0.6) is 0 Å². The van der Waals surface area contributed by atoms with E-state index in [2.05, 4.69) is 43.8 Å². The average Bonchev–Trinajstić information content (AvgIpc) is 2.89. The molecule has 0 aromatic heterocycles. The molecule has 2 aliphatic rings. The molecule has 0 amide bonds. The van der Waals surface area contributed by atoms with Crippen molar-refractivity contribution in [2.45, 2.75) is 46.1 Å². The van der Waals surface area contributed by atoms with Gasteiger partial charge in [-0.3, -0.25) is 0 Å². The summed E-state index contributed by atoms with van der Waals surface area (Å²) in [6.45, 7) is 6.78. The van der Waals surface area contributed by atoms with E-state index in [1.165, 1.54) is 18.4 Å². The fourth-order valence-electron chi connectivity index (χ4n) is 2.03. The zero-order valence-corrected chi connectivity index (χ0v) is 9.46. The molecule has 1 heteroatoms. The number of allylic oxidation sites excluding steroid dienone is 3. The number of nitrogens with zero attached hydrogens (tertiary/aromatic N) is 1. The highest BCUT2D eigenvalue weighted by atomic mass is 15.1. The van der Waals surface area contributed by atoms with Gasteiger partial charge in [-0.1, -0.05) is 19.9 Å². The molecule has 0 saturated heterocycles. The van der Waals surface area contributed by atoms with Gasteiger partial charge in [-0.25, -0.2) is 4.58 Å². The van der Waals surface area contributed by atoms with Gasteiger partial charge in [0.25, 0.3) is 0 Å². The Morgan fingerprint density at radius 1 is 1.50 bits per heavy atom. The van der Waals surface area contributed by atoms with Gasteiger partial charge in [0, 0.05) is 17.9 Å². The molecule has 0 N–H and O–H groups in total. The number of hydrogen-bond donors (Lipinski definition) is 0. The summed E-state index contributed by atoms with van der Waals surface area (Å²) in [5.41, 5.74) is 2.96. The molecular formula is C13H20N+. The first-order valence-electron chi connectivity index (χ1n) is 5.69. The maximum absolute atomic E-state index is 2.43. The van der Waals surface area contributed by atoms with Gasteiger partial charge in [-0.15, -0.1) is 0 Å². The van der Waals surface area contributed by atoms with E-state index >= 15 is 0 Å². The number of rotatable bonds is 2. The second kappa shape index (κ2) is 3.72. The van der Waals surface area contributed by atoms with Crippen LogP contribution in [0.25, 0.3) is 0 Å². The van der Waals surface area contributed by atoms with E-state index in [1.54, 1.807) is 5.57 Å². The lowest BCUT2D eigenvalue weighted by Crippen LogP contribution is -2.10. The van der Waals surface area contributed by atoms with E-state index in [9.17, 15) is 0 Å². The second-order valence-corrected chi connectivity index (χ2v) is 4.65. The largest absolute Gasteiger partial charge is 0.202 e. The molecule has 2 rings (SSSR count). The van der Waals surface area contributed by atoms with Crippen molar-refractivity contribution in [3.8, 4) is 0 Å². The van der Waals surface area contributed by atoms with Crippen LogP contribution in [0.1, 0.15) is 40.0 Å². The summed E-state index contributed by atoms with van der Waals surface area (Å²) in [4.78, 5) is 0. The van der Waals surface area contributed by atoms with E-state index in [4.69, 9.17) is 0 Å². The molecule has 1 nitrogen and oxygen atoms in total. The first kappa shape index (κ1) is 9.70. The topological polar surface area (TPSA) is 3.01 Å². The quantitative estimate of drug-likeness (QED) is 0.589. The van der Waals surface area contributed by atoms with Crippen molar-refractivity contribution in [1.29, 1.82) is 0 Å². The summed E-state index contributed by atoms with van der Waals surface area (Å²) in [7, 11) is 0. The van der Waals surface area contributed by atoms with Crippen LogP contribution in [0, 0.1) is 5.92 Å². The summed E-state index contributed by atoms with van der Waals surface area (Å²) >= 11 is 0. The summed E-state index contributed by atoms with van der Waals surface area (Å²) in [6.07, 6.45) is 10.7. The van der Waals surface area contributed by atoms with Crippen molar-refractivity contribution in [2.24, 2.45) is 5.92 Å². The molecule has 0 aromatic rings. The van der Waals surface area contributed by atoms with Crippen molar-refractivity contribution in [2.75, 3.05) is 0 Å². The van der Waals surface area contributed by atoms with E-state index in [0.29, 0.717) is 0 Å². The van der Waals surface area contributed by atoms with Crippen LogP contribution in [-0.4, -0.2) is 16.8 Å². The SMILES string of the molecule is CCC1=C[N+](C2CC2C)=CC(C)=CC1. The van der Waals surface area contributed by atoms with Crippen LogP contribution in [0.15, 0.2) is 23.4 Å². The van der Waals surface area contributed by atoms with Crippen molar-refractivity contribution in [3.05, 3.63) is 23.4 Å². The Hall–Kier alpha value is -0.850. The number of hydrogen-bond acceptors (Lipinski definition) is 0. The Morgan fingerprint density at radius 3 is 2.79 bits per heavy atom. The van der Waals surface area contributed by atoms with Gasteiger partial charge in [0.15, 0.2) is 18.5 Å². The molecule has 2 unspecified atom stereocenters. The second-order valence-electron chi connectivity index (χ2n) is 4.65. The van der Waals surface area contributed by atoms with Crippen molar-refractivity contribution < 1.29 is 4.58 Å². The van der Waals surface area contributed by atoms with Crippen molar-refractivity contribution >= 4 is 6.21 Å². The minimum absolute atomic E-state index is 0.776. The van der Waals surface area contributed by atoms with Crippen LogP contribution in [0.3, 0.4) is 0 Å². The fourth-order valence-corrected chi connectivity index (χ4v) is 2.03. The fraction of sp³-hybridized carbons (Fsp3) is 0.615. The third-order valence-corrected chi connectivity index (χ3v) is 3.27. The molecule has 1 saturated carbocycles.